The van der Waals surface area contributed by atoms with Gasteiger partial charge < -0.3 is 9.47 Å². The number of benzene rings is 1. The van der Waals surface area contributed by atoms with Crippen LogP contribution in [-0.4, -0.2) is 18.8 Å². The Balaban J connectivity index is 1.77. The van der Waals surface area contributed by atoms with Gasteiger partial charge in [-0.2, -0.15) is 0 Å². The monoisotopic (exact) mass is 232 g/mol. The van der Waals surface area contributed by atoms with E-state index in [1.165, 1.54) is 5.56 Å². The Morgan fingerprint density at radius 2 is 2.18 bits per heavy atom. The second kappa shape index (κ2) is 6.58. The van der Waals surface area contributed by atoms with Crippen molar-refractivity contribution in [2.75, 3.05) is 6.61 Å². The van der Waals surface area contributed by atoms with Gasteiger partial charge in [-0.05, 0) is 18.4 Å². The van der Waals surface area contributed by atoms with Crippen LogP contribution >= 0.6 is 0 Å². The van der Waals surface area contributed by atoms with Crippen LogP contribution in [0.5, 0.6) is 0 Å². The fourth-order valence-electron chi connectivity index (χ4n) is 2.14. The molecule has 0 aliphatic carbocycles. The lowest BCUT2D eigenvalue weighted by Crippen LogP contribution is -2.30. The molecule has 0 bridgehead atoms. The van der Waals surface area contributed by atoms with E-state index in [1.807, 2.05) is 24.3 Å². The molecule has 1 saturated heterocycles. The van der Waals surface area contributed by atoms with Crippen molar-refractivity contribution in [3.8, 4) is 0 Å². The lowest BCUT2D eigenvalue weighted by molar-refractivity contribution is -0.0762. The molecular formula is C15H20O2. The van der Waals surface area contributed by atoms with Crippen LogP contribution in [0.15, 0.2) is 43.0 Å². The minimum Gasteiger partial charge on any atom is -0.378 e. The minimum absolute atomic E-state index is 0.294. The Hall–Kier alpha value is -1.12. The molecule has 0 spiro atoms. The lowest BCUT2D eigenvalue weighted by atomic mass is 10.0. The molecule has 0 radical (unpaired) electrons. The average molecular weight is 232 g/mol. The summed E-state index contributed by atoms with van der Waals surface area (Å²) in [5, 5.41) is 0. The van der Waals surface area contributed by atoms with E-state index in [1.54, 1.807) is 0 Å². The molecule has 17 heavy (non-hydrogen) atoms. The highest BCUT2D eigenvalue weighted by molar-refractivity contribution is 5.13. The van der Waals surface area contributed by atoms with E-state index in [0.717, 1.165) is 25.9 Å². The third-order valence-electron chi connectivity index (χ3n) is 3.08. The van der Waals surface area contributed by atoms with Gasteiger partial charge in [0.2, 0.25) is 0 Å². The van der Waals surface area contributed by atoms with E-state index >= 15 is 0 Å². The van der Waals surface area contributed by atoms with E-state index < -0.39 is 0 Å². The van der Waals surface area contributed by atoms with E-state index in [-0.39, 0.29) is 0 Å². The summed E-state index contributed by atoms with van der Waals surface area (Å²) in [5.74, 6) is 0. The van der Waals surface area contributed by atoms with Crippen LogP contribution in [0, 0.1) is 0 Å². The molecule has 1 aromatic carbocycles. The zero-order chi connectivity index (χ0) is 11.9. The number of hydrogen-bond donors (Lipinski definition) is 0. The number of hydrogen-bond acceptors (Lipinski definition) is 2. The highest BCUT2D eigenvalue weighted by Crippen LogP contribution is 2.20. The van der Waals surface area contributed by atoms with Gasteiger partial charge in [-0.25, -0.2) is 0 Å². The molecule has 2 rings (SSSR count). The molecule has 2 nitrogen and oxygen atoms in total. The second-order valence-electron chi connectivity index (χ2n) is 4.46. The van der Waals surface area contributed by atoms with Crippen LogP contribution < -0.4 is 0 Å². The largest absolute Gasteiger partial charge is 0.378 e. The molecule has 0 amide bonds. The zero-order valence-corrected chi connectivity index (χ0v) is 10.2. The summed E-state index contributed by atoms with van der Waals surface area (Å²) < 4.78 is 11.6. The first kappa shape index (κ1) is 12.3. The molecule has 1 aliphatic heterocycles. The Labute approximate surface area is 103 Å². The van der Waals surface area contributed by atoms with Crippen molar-refractivity contribution in [1.29, 1.82) is 0 Å². The van der Waals surface area contributed by atoms with Crippen molar-refractivity contribution in [3.63, 3.8) is 0 Å². The zero-order valence-electron chi connectivity index (χ0n) is 10.2. The molecular weight excluding hydrogens is 212 g/mol. The van der Waals surface area contributed by atoms with Crippen molar-refractivity contribution < 1.29 is 9.47 Å². The lowest BCUT2D eigenvalue weighted by Gasteiger charge is -2.29. The van der Waals surface area contributed by atoms with E-state index in [0.29, 0.717) is 18.8 Å². The summed E-state index contributed by atoms with van der Waals surface area (Å²) in [6.45, 7) is 5.26. The molecule has 0 aromatic heterocycles. The van der Waals surface area contributed by atoms with Gasteiger partial charge in [0.1, 0.15) is 0 Å². The van der Waals surface area contributed by atoms with Crippen molar-refractivity contribution in [2.45, 2.75) is 38.1 Å². The van der Waals surface area contributed by atoms with Crippen LogP contribution in [-0.2, 0) is 16.1 Å². The van der Waals surface area contributed by atoms with Gasteiger partial charge in [0, 0.05) is 13.0 Å². The maximum absolute atomic E-state index is 5.93. The molecule has 2 atom stereocenters. The smallest absolute Gasteiger partial charge is 0.0720 e. The molecule has 1 heterocycles. The van der Waals surface area contributed by atoms with Gasteiger partial charge in [-0.1, -0.05) is 36.4 Å². The van der Waals surface area contributed by atoms with Crippen molar-refractivity contribution in [3.05, 3.63) is 48.6 Å². The fourth-order valence-corrected chi connectivity index (χ4v) is 2.14. The quantitative estimate of drug-likeness (QED) is 0.725. The standard InChI is InChI=1S/C15H20O2/c1-2-6-14-11-15(9-10-16-14)17-12-13-7-4-3-5-8-13/h2-5,7-8,14-15H,1,6,9-12H2/t14-,15-/m0/s1. The maximum Gasteiger partial charge on any atom is 0.0720 e. The van der Waals surface area contributed by atoms with Gasteiger partial charge in [0.15, 0.2) is 0 Å². The SMILES string of the molecule is C=CC[C@H]1C[C@@H](OCc2ccccc2)CCO1. The third kappa shape index (κ3) is 3.99. The summed E-state index contributed by atoms with van der Waals surface area (Å²) in [7, 11) is 0. The first-order valence-electron chi connectivity index (χ1n) is 6.26. The normalized spacial score (nSPS) is 24.5. The van der Waals surface area contributed by atoms with Crippen LogP contribution in [0.2, 0.25) is 0 Å². The molecule has 0 saturated carbocycles. The van der Waals surface area contributed by atoms with Crippen LogP contribution in [0.1, 0.15) is 24.8 Å². The molecule has 1 aliphatic rings. The summed E-state index contributed by atoms with van der Waals surface area (Å²) >= 11 is 0. The van der Waals surface area contributed by atoms with Gasteiger partial charge >= 0.3 is 0 Å². The van der Waals surface area contributed by atoms with Gasteiger partial charge in [-0.3, -0.25) is 0 Å². The third-order valence-corrected chi connectivity index (χ3v) is 3.08. The van der Waals surface area contributed by atoms with E-state index in [4.69, 9.17) is 9.47 Å². The van der Waals surface area contributed by atoms with E-state index in [9.17, 15) is 0 Å². The Morgan fingerprint density at radius 1 is 1.35 bits per heavy atom. The molecule has 0 N–H and O–H groups in total. The van der Waals surface area contributed by atoms with Gasteiger partial charge in [-0.15, -0.1) is 6.58 Å². The maximum atomic E-state index is 5.93. The summed E-state index contributed by atoms with van der Waals surface area (Å²) in [5.41, 5.74) is 1.24. The molecule has 1 aromatic rings. The number of rotatable bonds is 5. The molecule has 1 fully saturated rings. The highest BCUT2D eigenvalue weighted by Gasteiger charge is 2.21. The first-order valence-corrected chi connectivity index (χ1v) is 6.26. The Kier molecular flexibility index (Phi) is 4.77. The second-order valence-corrected chi connectivity index (χ2v) is 4.46. The summed E-state index contributed by atoms with van der Waals surface area (Å²) in [6.07, 6.45) is 5.45. The topological polar surface area (TPSA) is 18.5 Å². The van der Waals surface area contributed by atoms with Gasteiger partial charge in [0.25, 0.3) is 0 Å². The predicted molar refractivity (Wildman–Crippen MR) is 68.8 cm³/mol. The predicted octanol–water partition coefficient (Wildman–Crippen LogP) is 3.33. The van der Waals surface area contributed by atoms with Gasteiger partial charge in [0.05, 0.1) is 18.8 Å². The van der Waals surface area contributed by atoms with Crippen molar-refractivity contribution >= 4 is 0 Å². The average Bonchev–Trinajstić information content (AvgIpc) is 2.39. The Morgan fingerprint density at radius 3 is 2.94 bits per heavy atom. The highest BCUT2D eigenvalue weighted by atomic mass is 16.5. The van der Waals surface area contributed by atoms with E-state index in [2.05, 4.69) is 18.7 Å². The number of ether oxygens (including phenoxy) is 2. The summed E-state index contributed by atoms with van der Waals surface area (Å²) in [6, 6.07) is 10.3. The minimum atomic E-state index is 0.294. The van der Waals surface area contributed by atoms with Crippen molar-refractivity contribution in [1.82, 2.24) is 0 Å². The Bertz CT molecular complexity index is 334. The van der Waals surface area contributed by atoms with Crippen molar-refractivity contribution in [2.24, 2.45) is 0 Å². The van der Waals surface area contributed by atoms with Crippen LogP contribution in [0.4, 0.5) is 0 Å². The first-order chi connectivity index (χ1) is 8.38. The fraction of sp³-hybridized carbons (Fsp3) is 0.467. The van der Waals surface area contributed by atoms with Crippen LogP contribution in [0.3, 0.4) is 0 Å². The molecule has 92 valence electrons. The summed E-state index contributed by atoms with van der Waals surface area (Å²) in [4.78, 5) is 0. The molecule has 0 unspecified atom stereocenters. The molecule has 2 heteroatoms. The van der Waals surface area contributed by atoms with Crippen LogP contribution in [0.25, 0.3) is 0 Å².